The Hall–Kier alpha value is -2.74. The Labute approximate surface area is 141 Å². The largest absolute Gasteiger partial charge is 0.494 e. The maximum Gasteiger partial charge on any atom is 0.356 e. The number of anilines is 1. The molecule has 0 radical (unpaired) electrons. The van der Waals surface area contributed by atoms with Gasteiger partial charge in [0.15, 0.2) is 5.56 Å². The second-order valence-electron chi connectivity index (χ2n) is 5.78. The molecule has 1 fully saturated rings. The van der Waals surface area contributed by atoms with E-state index in [1.54, 1.807) is 6.07 Å². The van der Waals surface area contributed by atoms with Crippen LogP contribution in [-0.4, -0.2) is 19.7 Å². The summed E-state index contributed by atoms with van der Waals surface area (Å²) in [6, 6.07) is 11.2. The Bertz CT molecular complexity index is 797. The van der Waals surface area contributed by atoms with E-state index < -0.39 is 5.63 Å². The molecule has 2 heterocycles. The maximum atomic E-state index is 12.2. The number of hydrogen-bond acceptors (Lipinski definition) is 5. The second-order valence-corrected chi connectivity index (χ2v) is 5.78. The molecule has 124 valence electrons. The molecule has 5 nitrogen and oxygen atoms in total. The minimum absolute atomic E-state index is 0.0894. The minimum Gasteiger partial charge on any atom is -0.494 e. The van der Waals surface area contributed by atoms with Crippen molar-refractivity contribution in [1.29, 1.82) is 5.26 Å². The molecule has 2 aromatic rings. The van der Waals surface area contributed by atoms with Crippen molar-refractivity contribution in [2.24, 2.45) is 0 Å². The van der Waals surface area contributed by atoms with Crippen molar-refractivity contribution >= 4 is 5.69 Å². The summed E-state index contributed by atoms with van der Waals surface area (Å²) in [5.74, 6) is 1.25. The van der Waals surface area contributed by atoms with Crippen molar-refractivity contribution in [2.45, 2.75) is 26.2 Å². The van der Waals surface area contributed by atoms with Crippen molar-refractivity contribution < 1.29 is 9.15 Å². The molecule has 0 atom stereocenters. The first-order chi connectivity index (χ1) is 11.7. The average Bonchev–Trinajstić information content (AvgIpc) is 2.63. The molecule has 3 rings (SSSR count). The lowest BCUT2D eigenvalue weighted by Crippen LogP contribution is -2.31. The zero-order chi connectivity index (χ0) is 16.9. The van der Waals surface area contributed by atoms with E-state index >= 15 is 0 Å². The first kappa shape index (κ1) is 16.1. The Morgan fingerprint density at radius 1 is 1.21 bits per heavy atom. The highest BCUT2D eigenvalue weighted by molar-refractivity contribution is 5.67. The smallest absolute Gasteiger partial charge is 0.356 e. The normalized spacial score (nSPS) is 14.2. The molecule has 0 spiro atoms. The summed E-state index contributed by atoms with van der Waals surface area (Å²) in [5.41, 5.74) is 0.978. The monoisotopic (exact) mass is 324 g/mol. The molecule has 0 unspecified atom stereocenters. The molecule has 0 aliphatic carbocycles. The van der Waals surface area contributed by atoms with Gasteiger partial charge in [0, 0.05) is 24.7 Å². The van der Waals surface area contributed by atoms with Crippen LogP contribution in [0.3, 0.4) is 0 Å². The summed E-state index contributed by atoms with van der Waals surface area (Å²) >= 11 is 0. The SMILES string of the molecule is CCOc1ccc(-c2cc(N3CCCCC3)c(C#N)c(=O)o2)cc1. The van der Waals surface area contributed by atoms with Crippen molar-refractivity contribution in [3.63, 3.8) is 0 Å². The van der Waals surface area contributed by atoms with Crippen LogP contribution in [0.5, 0.6) is 5.75 Å². The van der Waals surface area contributed by atoms with Gasteiger partial charge in [-0.2, -0.15) is 5.26 Å². The van der Waals surface area contributed by atoms with E-state index in [1.165, 1.54) is 6.42 Å². The number of nitrogens with zero attached hydrogens (tertiary/aromatic N) is 2. The van der Waals surface area contributed by atoms with Crippen molar-refractivity contribution in [1.82, 2.24) is 0 Å². The second kappa shape index (κ2) is 7.22. The molecule has 1 aromatic heterocycles. The highest BCUT2D eigenvalue weighted by Gasteiger charge is 2.19. The fraction of sp³-hybridized carbons (Fsp3) is 0.368. The quantitative estimate of drug-likeness (QED) is 0.860. The van der Waals surface area contributed by atoms with Crippen LogP contribution < -0.4 is 15.3 Å². The molecule has 5 heteroatoms. The van der Waals surface area contributed by atoms with Gasteiger partial charge in [0.25, 0.3) is 0 Å². The number of nitriles is 1. The third kappa shape index (κ3) is 3.28. The summed E-state index contributed by atoms with van der Waals surface area (Å²) in [6.45, 7) is 4.25. The Morgan fingerprint density at radius 3 is 2.54 bits per heavy atom. The summed E-state index contributed by atoms with van der Waals surface area (Å²) in [6.07, 6.45) is 3.33. The predicted molar refractivity (Wildman–Crippen MR) is 92.4 cm³/mol. The summed E-state index contributed by atoms with van der Waals surface area (Å²) in [7, 11) is 0. The highest BCUT2D eigenvalue weighted by atomic mass is 16.5. The summed E-state index contributed by atoms with van der Waals surface area (Å²) < 4.78 is 10.8. The molecular formula is C19H20N2O3. The molecule has 0 bridgehead atoms. The van der Waals surface area contributed by atoms with E-state index in [1.807, 2.05) is 37.3 Å². The lowest BCUT2D eigenvalue weighted by molar-refractivity contribution is 0.340. The molecule has 0 saturated carbocycles. The lowest BCUT2D eigenvalue weighted by Gasteiger charge is -2.29. The van der Waals surface area contributed by atoms with Crippen LogP contribution in [0, 0.1) is 11.3 Å². The van der Waals surface area contributed by atoms with E-state index in [-0.39, 0.29) is 5.56 Å². The third-order valence-corrected chi connectivity index (χ3v) is 4.19. The van der Waals surface area contributed by atoms with Gasteiger partial charge in [-0.05, 0) is 50.5 Å². The van der Waals surface area contributed by atoms with Crippen LogP contribution in [0.2, 0.25) is 0 Å². The van der Waals surface area contributed by atoms with Gasteiger partial charge in [0.1, 0.15) is 17.6 Å². The lowest BCUT2D eigenvalue weighted by atomic mass is 10.1. The molecular weight excluding hydrogens is 304 g/mol. The van der Waals surface area contributed by atoms with Crippen LogP contribution in [0.15, 0.2) is 39.5 Å². The van der Waals surface area contributed by atoms with Gasteiger partial charge < -0.3 is 14.1 Å². The van der Waals surface area contributed by atoms with Gasteiger partial charge >= 0.3 is 5.63 Å². The Balaban J connectivity index is 2.01. The number of ether oxygens (including phenoxy) is 1. The average molecular weight is 324 g/mol. The molecule has 1 aromatic carbocycles. The van der Waals surface area contributed by atoms with Gasteiger partial charge in [0.05, 0.1) is 12.3 Å². The molecule has 24 heavy (non-hydrogen) atoms. The number of rotatable bonds is 4. The van der Waals surface area contributed by atoms with Gasteiger partial charge in [-0.15, -0.1) is 0 Å². The van der Waals surface area contributed by atoms with E-state index in [0.717, 1.165) is 37.2 Å². The Morgan fingerprint density at radius 2 is 1.92 bits per heavy atom. The maximum absolute atomic E-state index is 12.2. The zero-order valence-corrected chi connectivity index (χ0v) is 13.7. The van der Waals surface area contributed by atoms with Crippen molar-refractivity contribution in [3.8, 4) is 23.1 Å². The first-order valence-corrected chi connectivity index (χ1v) is 8.29. The molecule has 0 amide bonds. The van der Waals surface area contributed by atoms with Gasteiger partial charge in [-0.1, -0.05) is 0 Å². The van der Waals surface area contributed by atoms with E-state index in [9.17, 15) is 10.1 Å². The van der Waals surface area contributed by atoms with Crippen molar-refractivity contribution in [2.75, 3.05) is 24.6 Å². The van der Waals surface area contributed by atoms with E-state index in [4.69, 9.17) is 9.15 Å². The van der Waals surface area contributed by atoms with Gasteiger partial charge in [-0.3, -0.25) is 0 Å². The minimum atomic E-state index is -0.579. The highest BCUT2D eigenvalue weighted by Crippen LogP contribution is 2.28. The molecule has 1 aliphatic heterocycles. The standard InChI is InChI=1S/C19H20N2O3/c1-2-23-15-8-6-14(7-9-15)18-12-17(16(13-20)19(22)24-18)21-10-4-3-5-11-21/h6-9,12H,2-5,10-11H2,1H3. The first-order valence-electron chi connectivity index (χ1n) is 8.29. The van der Waals surface area contributed by atoms with Crippen molar-refractivity contribution in [3.05, 3.63) is 46.3 Å². The van der Waals surface area contributed by atoms with Crippen LogP contribution in [-0.2, 0) is 0 Å². The molecule has 0 N–H and O–H groups in total. The summed E-state index contributed by atoms with van der Waals surface area (Å²) in [4.78, 5) is 14.3. The number of hydrogen-bond donors (Lipinski definition) is 0. The predicted octanol–water partition coefficient (Wildman–Crippen LogP) is 3.57. The van der Waals surface area contributed by atoms with Gasteiger partial charge in [-0.25, -0.2) is 4.79 Å². The van der Waals surface area contributed by atoms with Crippen LogP contribution in [0.1, 0.15) is 31.7 Å². The summed E-state index contributed by atoms with van der Waals surface area (Å²) in [5, 5.41) is 9.33. The fourth-order valence-corrected chi connectivity index (χ4v) is 2.99. The number of benzene rings is 1. The Kier molecular flexibility index (Phi) is 4.85. The van der Waals surface area contributed by atoms with E-state index in [2.05, 4.69) is 4.90 Å². The van der Waals surface area contributed by atoms with E-state index in [0.29, 0.717) is 18.1 Å². The van der Waals surface area contributed by atoms with Gasteiger partial charge in [0.2, 0.25) is 0 Å². The fourth-order valence-electron chi connectivity index (χ4n) is 2.99. The van der Waals surface area contributed by atoms with Crippen LogP contribution in [0.4, 0.5) is 5.69 Å². The molecule has 1 aliphatic rings. The number of piperidine rings is 1. The van der Waals surface area contributed by atoms with Crippen LogP contribution in [0.25, 0.3) is 11.3 Å². The third-order valence-electron chi connectivity index (χ3n) is 4.19. The zero-order valence-electron chi connectivity index (χ0n) is 13.7. The molecule has 1 saturated heterocycles. The van der Waals surface area contributed by atoms with Crippen LogP contribution >= 0.6 is 0 Å². The topological polar surface area (TPSA) is 66.5 Å².